The fourth-order valence-electron chi connectivity index (χ4n) is 7.24. The van der Waals surface area contributed by atoms with E-state index < -0.39 is 11.6 Å². The number of imidazole rings is 1. The first-order valence-corrected chi connectivity index (χ1v) is 16.2. The minimum atomic E-state index is -0.430. The Hall–Kier alpha value is -2.60. The van der Waals surface area contributed by atoms with Gasteiger partial charge in [-0.25, -0.2) is 18.7 Å². The van der Waals surface area contributed by atoms with Crippen LogP contribution >= 0.6 is 0 Å². The maximum atomic E-state index is 16.4. The molecule has 0 radical (unpaired) electrons. The third-order valence-electron chi connectivity index (χ3n) is 9.56. The zero-order chi connectivity index (χ0) is 28.6. The molecule has 41 heavy (non-hydrogen) atoms. The molecular formula is C35H45F2N3O. The predicted molar refractivity (Wildman–Crippen MR) is 162 cm³/mol. The summed E-state index contributed by atoms with van der Waals surface area (Å²) in [6, 6.07) is 7.81. The van der Waals surface area contributed by atoms with Gasteiger partial charge in [-0.2, -0.15) is 0 Å². The lowest BCUT2D eigenvalue weighted by molar-refractivity contribution is 0.0695. The van der Waals surface area contributed by atoms with E-state index in [-0.39, 0.29) is 28.7 Å². The zero-order valence-corrected chi connectivity index (χ0v) is 25.1. The summed E-state index contributed by atoms with van der Waals surface area (Å²) in [5.74, 6) is -0.0733. The molecule has 2 aromatic heterocycles. The van der Waals surface area contributed by atoms with Gasteiger partial charge in [0.05, 0.1) is 17.7 Å². The molecule has 0 N–H and O–H groups in total. The van der Waals surface area contributed by atoms with Gasteiger partial charge < -0.3 is 4.74 Å². The van der Waals surface area contributed by atoms with Gasteiger partial charge in [-0.05, 0) is 31.4 Å². The second kappa shape index (κ2) is 11.9. The van der Waals surface area contributed by atoms with Crippen LogP contribution in [-0.4, -0.2) is 14.4 Å². The van der Waals surface area contributed by atoms with E-state index in [1.54, 1.807) is 0 Å². The van der Waals surface area contributed by atoms with Gasteiger partial charge in [0.15, 0.2) is 11.6 Å². The summed E-state index contributed by atoms with van der Waals surface area (Å²) < 4.78 is 40.1. The lowest BCUT2D eigenvalue weighted by atomic mass is 9.85. The smallest absolute Gasteiger partial charge is 0.157 e. The van der Waals surface area contributed by atoms with Crippen LogP contribution in [0.15, 0.2) is 24.3 Å². The molecule has 6 heteroatoms. The van der Waals surface area contributed by atoms with E-state index in [0.29, 0.717) is 16.8 Å². The number of aromatic nitrogens is 3. The van der Waals surface area contributed by atoms with Crippen LogP contribution in [0.25, 0.3) is 27.6 Å². The molecule has 2 bridgehead atoms. The van der Waals surface area contributed by atoms with Gasteiger partial charge in [0.1, 0.15) is 22.5 Å². The lowest BCUT2D eigenvalue weighted by Gasteiger charge is -2.26. The summed E-state index contributed by atoms with van der Waals surface area (Å²) in [6.45, 7) is 6.63. The summed E-state index contributed by atoms with van der Waals surface area (Å²) >= 11 is 0. The molecule has 0 spiro atoms. The Morgan fingerprint density at radius 2 is 1.39 bits per heavy atom. The van der Waals surface area contributed by atoms with Crippen molar-refractivity contribution in [3.05, 3.63) is 52.9 Å². The molecule has 2 aromatic carbocycles. The highest BCUT2D eigenvalue weighted by atomic mass is 19.1. The van der Waals surface area contributed by atoms with E-state index >= 15 is 8.78 Å². The van der Waals surface area contributed by atoms with Crippen molar-refractivity contribution in [2.45, 2.75) is 135 Å². The van der Waals surface area contributed by atoms with Crippen molar-refractivity contribution < 1.29 is 13.5 Å². The molecule has 0 aliphatic carbocycles. The van der Waals surface area contributed by atoms with Crippen molar-refractivity contribution in [3.8, 4) is 0 Å². The fourth-order valence-corrected chi connectivity index (χ4v) is 7.24. The number of nitrogens with zero attached hydrogens (tertiary/aromatic N) is 3. The van der Waals surface area contributed by atoms with Gasteiger partial charge in [-0.15, -0.1) is 0 Å². The summed E-state index contributed by atoms with van der Waals surface area (Å²) in [5, 5.41) is 0.812. The molecule has 0 saturated carbocycles. The van der Waals surface area contributed by atoms with E-state index in [9.17, 15) is 0 Å². The average molecular weight is 562 g/mol. The van der Waals surface area contributed by atoms with Crippen molar-refractivity contribution in [1.29, 1.82) is 0 Å². The fraction of sp³-hybridized carbons (Fsp3) is 0.600. The second-order valence-corrected chi connectivity index (χ2v) is 13.1. The molecule has 1 saturated heterocycles. The van der Waals surface area contributed by atoms with Crippen LogP contribution < -0.4 is 0 Å². The van der Waals surface area contributed by atoms with Crippen molar-refractivity contribution in [2.75, 3.05) is 0 Å². The normalized spacial score (nSPS) is 18.4. The average Bonchev–Trinajstić information content (AvgIpc) is 3.70. The van der Waals surface area contributed by atoms with E-state index in [0.717, 1.165) is 42.4 Å². The number of benzene rings is 2. The Balaban J connectivity index is 1.22. The van der Waals surface area contributed by atoms with Crippen LogP contribution in [0.3, 0.4) is 0 Å². The summed E-state index contributed by atoms with van der Waals surface area (Å²) in [5.41, 5.74) is 2.13. The molecule has 4 aromatic rings. The molecule has 2 unspecified atom stereocenters. The van der Waals surface area contributed by atoms with Gasteiger partial charge in [-0.3, -0.25) is 4.40 Å². The number of ether oxygens (including phenoxy) is 1. The number of hydrogen-bond donors (Lipinski definition) is 0. The SMILES string of the molecule is CCCCCCCCCCCCCCC(C)(C)c1nc2ccccc2c2nc3c(F)c4c(c(F)c3n12)C1CCC4O1. The van der Waals surface area contributed by atoms with Gasteiger partial charge in [0, 0.05) is 21.9 Å². The first-order chi connectivity index (χ1) is 19.9. The van der Waals surface area contributed by atoms with Crippen LogP contribution in [0.4, 0.5) is 8.78 Å². The Bertz CT molecular complexity index is 1540. The van der Waals surface area contributed by atoms with Gasteiger partial charge in [0.25, 0.3) is 0 Å². The molecule has 2 aliphatic rings. The minimum absolute atomic E-state index is 0.0953. The minimum Gasteiger partial charge on any atom is -0.365 e. The topological polar surface area (TPSA) is 39.4 Å². The molecule has 2 aliphatic heterocycles. The third-order valence-corrected chi connectivity index (χ3v) is 9.56. The lowest BCUT2D eigenvalue weighted by Crippen LogP contribution is -2.23. The quantitative estimate of drug-likeness (QED) is 0.144. The monoisotopic (exact) mass is 561 g/mol. The number of halogens is 2. The van der Waals surface area contributed by atoms with Crippen molar-refractivity contribution in [2.24, 2.45) is 0 Å². The maximum absolute atomic E-state index is 16.4. The zero-order valence-electron chi connectivity index (χ0n) is 25.1. The maximum Gasteiger partial charge on any atom is 0.157 e. The number of para-hydroxylation sites is 1. The highest BCUT2D eigenvalue weighted by molar-refractivity contribution is 5.97. The van der Waals surface area contributed by atoms with E-state index in [4.69, 9.17) is 14.7 Å². The predicted octanol–water partition coefficient (Wildman–Crippen LogP) is 10.6. The molecule has 220 valence electrons. The first-order valence-electron chi connectivity index (χ1n) is 16.2. The molecule has 4 heterocycles. The van der Waals surface area contributed by atoms with Gasteiger partial charge in [0.2, 0.25) is 0 Å². The third kappa shape index (κ3) is 5.26. The molecule has 4 nitrogen and oxygen atoms in total. The molecule has 0 amide bonds. The van der Waals surface area contributed by atoms with Crippen molar-refractivity contribution in [3.63, 3.8) is 0 Å². The Morgan fingerprint density at radius 1 is 0.805 bits per heavy atom. The Kier molecular flexibility index (Phi) is 8.31. The number of unbranched alkanes of at least 4 members (excludes halogenated alkanes) is 11. The van der Waals surface area contributed by atoms with Crippen molar-refractivity contribution >= 4 is 27.6 Å². The van der Waals surface area contributed by atoms with Crippen LogP contribution in [0.1, 0.15) is 146 Å². The Labute approximate surface area is 242 Å². The Morgan fingerprint density at radius 3 is 2.05 bits per heavy atom. The molecule has 2 atom stereocenters. The van der Waals surface area contributed by atoms with Crippen LogP contribution in [0, 0.1) is 11.6 Å². The molecule has 1 fully saturated rings. The standard InChI is InChI=1S/C35H45F2N3O/c1-4-5-6-7-8-9-10-11-12-13-14-17-22-35(2,3)34-38-24-19-16-15-18-23(24)33-39-31-29(36)27-25-20-21-26(41-25)28(27)30(37)32(31)40(33)34/h15-16,18-19,25-26H,4-14,17,20-22H2,1-3H3. The van der Waals surface area contributed by atoms with Gasteiger partial charge >= 0.3 is 0 Å². The number of rotatable bonds is 14. The summed E-state index contributed by atoms with van der Waals surface area (Å²) in [7, 11) is 0. The summed E-state index contributed by atoms with van der Waals surface area (Å²) in [6.07, 6.45) is 17.3. The van der Waals surface area contributed by atoms with E-state index in [1.165, 1.54) is 70.6 Å². The van der Waals surface area contributed by atoms with Gasteiger partial charge in [-0.1, -0.05) is 110 Å². The highest BCUT2D eigenvalue weighted by Crippen LogP contribution is 2.54. The van der Waals surface area contributed by atoms with E-state index in [1.807, 2.05) is 28.7 Å². The van der Waals surface area contributed by atoms with Crippen molar-refractivity contribution in [1.82, 2.24) is 14.4 Å². The highest BCUT2D eigenvalue weighted by Gasteiger charge is 2.44. The first kappa shape index (κ1) is 28.5. The second-order valence-electron chi connectivity index (χ2n) is 13.1. The number of fused-ring (bicyclic) bond motifs is 10. The number of hydrogen-bond acceptors (Lipinski definition) is 3. The van der Waals surface area contributed by atoms with E-state index in [2.05, 4.69) is 20.8 Å². The summed E-state index contributed by atoms with van der Waals surface area (Å²) in [4.78, 5) is 9.84. The molecule has 6 rings (SSSR count). The van der Waals surface area contributed by atoms with Crippen LogP contribution in [0.2, 0.25) is 0 Å². The van der Waals surface area contributed by atoms with Crippen LogP contribution in [0.5, 0.6) is 0 Å². The largest absolute Gasteiger partial charge is 0.365 e. The molecular weight excluding hydrogens is 516 g/mol. The van der Waals surface area contributed by atoms with Crippen LogP contribution in [-0.2, 0) is 10.2 Å².